The molecule has 1 atom stereocenters. The molecule has 108 valence electrons. The third-order valence-corrected chi connectivity index (χ3v) is 4.21. The monoisotopic (exact) mass is 290 g/mol. The van der Waals surface area contributed by atoms with E-state index in [1.165, 1.54) is 13.2 Å². The Balaban J connectivity index is 3.09. The highest BCUT2D eigenvalue weighted by Gasteiger charge is 2.20. The lowest BCUT2D eigenvalue weighted by molar-refractivity contribution is 0.388. The number of nitrogens with two attached hydrogens (primary N) is 1. The summed E-state index contributed by atoms with van der Waals surface area (Å²) in [6.07, 6.45) is 1.55. The molecule has 0 bridgehead atoms. The first-order chi connectivity index (χ1) is 8.81. The van der Waals surface area contributed by atoms with E-state index in [0.717, 1.165) is 12.5 Å². The van der Waals surface area contributed by atoms with Crippen LogP contribution in [-0.2, 0) is 10.0 Å². The molecule has 0 heterocycles. The maximum absolute atomic E-state index is 13.6. The Labute approximate surface area is 113 Å². The Hall–Kier alpha value is -1.34. The minimum absolute atomic E-state index is 0.0500. The molecule has 1 aromatic carbocycles. The van der Waals surface area contributed by atoms with Gasteiger partial charge in [0.05, 0.1) is 17.7 Å². The second-order valence-corrected chi connectivity index (χ2v) is 6.05. The van der Waals surface area contributed by atoms with Crippen molar-refractivity contribution in [2.75, 3.05) is 12.8 Å². The number of methoxy groups -OCH3 is 1. The van der Waals surface area contributed by atoms with Gasteiger partial charge in [0, 0.05) is 6.04 Å². The Bertz CT molecular complexity index is 523. The van der Waals surface area contributed by atoms with Crippen molar-refractivity contribution in [2.45, 2.75) is 37.6 Å². The van der Waals surface area contributed by atoms with Crippen molar-refractivity contribution in [3.63, 3.8) is 0 Å². The van der Waals surface area contributed by atoms with Crippen molar-refractivity contribution < 1.29 is 17.5 Å². The van der Waals surface area contributed by atoms with Crippen LogP contribution in [0.15, 0.2) is 17.0 Å². The van der Waals surface area contributed by atoms with Crippen LogP contribution in [0.3, 0.4) is 0 Å². The predicted octanol–water partition coefficient (Wildman–Crippen LogP) is 1.88. The number of anilines is 1. The van der Waals surface area contributed by atoms with Crippen LogP contribution >= 0.6 is 0 Å². The molecule has 7 heteroatoms. The Morgan fingerprint density at radius 3 is 2.58 bits per heavy atom. The summed E-state index contributed by atoms with van der Waals surface area (Å²) in [4.78, 5) is -0.203. The van der Waals surface area contributed by atoms with Crippen LogP contribution in [0.1, 0.15) is 26.7 Å². The van der Waals surface area contributed by atoms with Gasteiger partial charge in [-0.3, -0.25) is 0 Å². The van der Waals surface area contributed by atoms with Gasteiger partial charge < -0.3 is 10.5 Å². The van der Waals surface area contributed by atoms with Gasteiger partial charge in [-0.1, -0.05) is 13.3 Å². The Morgan fingerprint density at radius 2 is 2.11 bits per heavy atom. The van der Waals surface area contributed by atoms with Crippen LogP contribution in [0, 0.1) is 5.82 Å². The van der Waals surface area contributed by atoms with Gasteiger partial charge in [-0.25, -0.2) is 17.5 Å². The quantitative estimate of drug-likeness (QED) is 0.784. The molecule has 0 aromatic heterocycles. The summed E-state index contributed by atoms with van der Waals surface area (Å²) in [6.45, 7) is 3.71. The van der Waals surface area contributed by atoms with Gasteiger partial charge in [0.2, 0.25) is 10.0 Å². The maximum atomic E-state index is 13.6. The van der Waals surface area contributed by atoms with E-state index in [4.69, 9.17) is 10.5 Å². The van der Waals surface area contributed by atoms with Gasteiger partial charge >= 0.3 is 0 Å². The van der Waals surface area contributed by atoms with Crippen LogP contribution in [0.5, 0.6) is 5.75 Å². The van der Waals surface area contributed by atoms with Gasteiger partial charge in [-0.2, -0.15) is 0 Å². The lowest BCUT2D eigenvalue weighted by Gasteiger charge is -2.14. The molecular formula is C12H19FN2O3S. The summed E-state index contributed by atoms with van der Waals surface area (Å²) < 4.78 is 44.9. The second kappa shape index (κ2) is 6.21. The third kappa shape index (κ3) is 3.81. The molecule has 0 saturated heterocycles. The normalized spacial score (nSPS) is 13.3. The fourth-order valence-corrected chi connectivity index (χ4v) is 3.11. The fourth-order valence-electron chi connectivity index (χ4n) is 1.78. The number of nitrogens with one attached hydrogen (secondary N) is 1. The highest BCUT2D eigenvalue weighted by molar-refractivity contribution is 7.89. The van der Waals surface area contributed by atoms with Crippen LogP contribution in [0.25, 0.3) is 0 Å². The first-order valence-electron chi connectivity index (χ1n) is 5.97. The average Bonchev–Trinajstić information content (AvgIpc) is 2.27. The molecule has 0 aliphatic carbocycles. The van der Waals surface area contributed by atoms with E-state index in [1.54, 1.807) is 6.92 Å². The fraction of sp³-hybridized carbons (Fsp3) is 0.500. The summed E-state index contributed by atoms with van der Waals surface area (Å²) in [7, 11) is -2.51. The number of rotatable bonds is 6. The van der Waals surface area contributed by atoms with E-state index in [1.807, 2.05) is 6.92 Å². The van der Waals surface area contributed by atoms with Crippen molar-refractivity contribution in [3.05, 3.63) is 17.9 Å². The first kappa shape index (κ1) is 15.7. The molecule has 1 rings (SSSR count). The number of benzene rings is 1. The standard InChI is InChI=1S/C12H19FN2O3S/c1-4-5-8(2)15-19(16,17)9-6-10(13)12(18-3)11(14)7-9/h6-8,15H,4-5,14H2,1-3H3. The molecule has 0 saturated carbocycles. The second-order valence-electron chi connectivity index (χ2n) is 4.34. The molecule has 19 heavy (non-hydrogen) atoms. The van der Waals surface area contributed by atoms with Crippen molar-refractivity contribution in [3.8, 4) is 5.75 Å². The number of sulfonamides is 1. The van der Waals surface area contributed by atoms with Gasteiger partial charge in [-0.05, 0) is 25.5 Å². The summed E-state index contributed by atoms with van der Waals surface area (Å²) >= 11 is 0. The van der Waals surface area contributed by atoms with Crippen LogP contribution in [0.2, 0.25) is 0 Å². The lowest BCUT2D eigenvalue weighted by Crippen LogP contribution is -2.32. The van der Waals surface area contributed by atoms with E-state index >= 15 is 0 Å². The molecule has 0 fully saturated rings. The van der Waals surface area contributed by atoms with Crippen LogP contribution < -0.4 is 15.2 Å². The maximum Gasteiger partial charge on any atom is 0.240 e. The molecule has 5 nitrogen and oxygen atoms in total. The largest absolute Gasteiger partial charge is 0.492 e. The topological polar surface area (TPSA) is 81.4 Å². The van der Waals surface area contributed by atoms with Crippen molar-refractivity contribution in [1.82, 2.24) is 4.72 Å². The highest BCUT2D eigenvalue weighted by Crippen LogP contribution is 2.28. The zero-order chi connectivity index (χ0) is 14.6. The zero-order valence-corrected chi connectivity index (χ0v) is 12.1. The Kier molecular flexibility index (Phi) is 5.13. The number of hydrogen-bond donors (Lipinski definition) is 2. The van der Waals surface area contributed by atoms with Crippen molar-refractivity contribution in [2.24, 2.45) is 0 Å². The van der Waals surface area contributed by atoms with E-state index in [-0.39, 0.29) is 22.4 Å². The van der Waals surface area contributed by atoms with E-state index < -0.39 is 15.8 Å². The van der Waals surface area contributed by atoms with Crippen molar-refractivity contribution >= 4 is 15.7 Å². The lowest BCUT2D eigenvalue weighted by atomic mass is 10.2. The first-order valence-corrected chi connectivity index (χ1v) is 7.45. The molecule has 0 aliphatic rings. The van der Waals surface area contributed by atoms with Crippen molar-refractivity contribution in [1.29, 1.82) is 0 Å². The minimum Gasteiger partial charge on any atom is -0.492 e. The van der Waals surface area contributed by atoms with Gasteiger partial charge in [0.15, 0.2) is 11.6 Å². The molecular weight excluding hydrogens is 271 g/mol. The molecule has 0 radical (unpaired) electrons. The van der Waals surface area contributed by atoms with E-state index in [0.29, 0.717) is 6.42 Å². The van der Waals surface area contributed by atoms with Gasteiger partial charge in [0.1, 0.15) is 0 Å². The molecule has 1 unspecified atom stereocenters. The molecule has 1 aromatic rings. The summed E-state index contributed by atoms with van der Waals surface area (Å²) in [6, 6.07) is 1.86. The highest BCUT2D eigenvalue weighted by atomic mass is 32.2. The third-order valence-electron chi connectivity index (χ3n) is 2.64. The van der Waals surface area contributed by atoms with Gasteiger partial charge in [0.25, 0.3) is 0 Å². The van der Waals surface area contributed by atoms with E-state index in [2.05, 4.69) is 4.72 Å². The van der Waals surface area contributed by atoms with Crippen LogP contribution in [-0.4, -0.2) is 21.6 Å². The summed E-state index contributed by atoms with van der Waals surface area (Å²) in [5, 5.41) is 0. The van der Waals surface area contributed by atoms with Gasteiger partial charge in [-0.15, -0.1) is 0 Å². The molecule has 0 spiro atoms. The number of hydrogen-bond acceptors (Lipinski definition) is 4. The number of nitrogen functional groups attached to an aromatic ring is 1. The average molecular weight is 290 g/mol. The number of halogens is 1. The Morgan fingerprint density at radius 1 is 1.47 bits per heavy atom. The molecule has 0 aliphatic heterocycles. The molecule has 3 N–H and O–H groups in total. The number of ether oxygens (including phenoxy) is 1. The minimum atomic E-state index is -3.78. The zero-order valence-electron chi connectivity index (χ0n) is 11.2. The van der Waals surface area contributed by atoms with E-state index in [9.17, 15) is 12.8 Å². The summed E-state index contributed by atoms with van der Waals surface area (Å²) in [5.74, 6) is -0.952. The summed E-state index contributed by atoms with van der Waals surface area (Å²) in [5.41, 5.74) is 5.51. The SMILES string of the molecule is CCCC(C)NS(=O)(=O)c1cc(N)c(OC)c(F)c1. The smallest absolute Gasteiger partial charge is 0.240 e. The van der Waals surface area contributed by atoms with Crippen LogP contribution in [0.4, 0.5) is 10.1 Å². The molecule has 0 amide bonds. The predicted molar refractivity (Wildman–Crippen MR) is 72.1 cm³/mol.